The summed E-state index contributed by atoms with van der Waals surface area (Å²) in [7, 11) is 0. The largest absolute Gasteiger partial charge is 0.480 e. The Kier molecular flexibility index (Phi) is 6.49. The molecule has 0 fully saturated rings. The lowest BCUT2D eigenvalue weighted by Gasteiger charge is -2.09. The van der Waals surface area contributed by atoms with Gasteiger partial charge < -0.3 is 15.7 Å². The van der Waals surface area contributed by atoms with Crippen LogP contribution in [0, 0.1) is 0 Å². The summed E-state index contributed by atoms with van der Waals surface area (Å²) in [6.07, 6.45) is 0.0815. The molecule has 0 radical (unpaired) electrons. The van der Waals surface area contributed by atoms with Crippen LogP contribution >= 0.6 is 0 Å². The van der Waals surface area contributed by atoms with E-state index in [9.17, 15) is 14.4 Å². The molecule has 2 rings (SSSR count). The smallest absolute Gasteiger partial charge is 0.322 e. The van der Waals surface area contributed by atoms with Crippen LogP contribution in [-0.4, -0.2) is 29.4 Å². The van der Waals surface area contributed by atoms with E-state index < -0.39 is 12.5 Å². The van der Waals surface area contributed by atoms with E-state index in [0.717, 1.165) is 5.56 Å². The van der Waals surface area contributed by atoms with Crippen LogP contribution in [0.2, 0.25) is 0 Å². The number of carboxylic acid groups (broad SMARTS) is 1. The van der Waals surface area contributed by atoms with Crippen LogP contribution in [0.4, 0.5) is 5.69 Å². The molecule has 136 valence electrons. The van der Waals surface area contributed by atoms with E-state index in [1.807, 2.05) is 12.1 Å². The zero-order valence-corrected chi connectivity index (χ0v) is 14.8. The van der Waals surface area contributed by atoms with Gasteiger partial charge >= 0.3 is 5.97 Å². The summed E-state index contributed by atoms with van der Waals surface area (Å²) >= 11 is 0. The summed E-state index contributed by atoms with van der Waals surface area (Å²) in [5, 5.41) is 13.6. The third kappa shape index (κ3) is 5.73. The van der Waals surface area contributed by atoms with E-state index in [0.29, 0.717) is 17.2 Å². The van der Waals surface area contributed by atoms with E-state index >= 15 is 0 Å². The van der Waals surface area contributed by atoms with Crippen LogP contribution in [0.5, 0.6) is 0 Å². The van der Waals surface area contributed by atoms with Gasteiger partial charge in [0, 0.05) is 11.3 Å². The van der Waals surface area contributed by atoms with E-state index in [4.69, 9.17) is 5.11 Å². The topological polar surface area (TPSA) is 95.5 Å². The van der Waals surface area contributed by atoms with Crippen LogP contribution < -0.4 is 10.6 Å². The molecule has 2 aromatic rings. The first-order chi connectivity index (χ1) is 12.3. The lowest BCUT2D eigenvalue weighted by Crippen LogP contribution is -2.30. The van der Waals surface area contributed by atoms with Crippen molar-refractivity contribution in [2.75, 3.05) is 11.9 Å². The summed E-state index contributed by atoms with van der Waals surface area (Å²) in [4.78, 5) is 34.3. The molecule has 0 atom stereocenters. The number of aliphatic carboxylic acids is 1. The zero-order valence-electron chi connectivity index (χ0n) is 14.8. The van der Waals surface area contributed by atoms with Crippen LogP contribution in [-0.2, 0) is 16.0 Å². The Morgan fingerprint density at radius 1 is 0.962 bits per heavy atom. The molecule has 0 spiro atoms. The second-order valence-electron chi connectivity index (χ2n) is 6.28. The number of carbonyl (C=O) groups is 3. The zero-order chi connectivity index (χ0) is 19.1. The van der Waals surface area contributed by atoms with E-state index in [1.165, 1.54) is 5.56 Å². The molecule has 0 heterocycles. The minimum Gasteiger partial charge on any atom is -0.480 e. The van der Waals surface area contributed by atoms with Gasteiger partial charge in [-0.2, -0.15) is 0 Å². The van der Waals surface area contributed by atoms with Gasteiger partial charge in [0.15, 0.2) is 0 Å². The molecular weight excluding hydrogens is 332 g/mol. The van der Waals surface area contributed by atoms with E-state index in [-0.39, 0.29) is 18.2 Å². The molecule has 6 nitrogen and oxygen atoms in total. The standard InChI is InChI=1S/C20H22N2O4/c1-13(2)15-5-7-16(8-6-15)20(26)22-17-9-3-14(4-10-17)11-18(23)21-12-19(24)25/h3-10,13H,11-12H2,1-2H3,(H,21,23)(H,22,26)(H,24,25). The van der Waals surface area contributed by atoms with Gasteiger partial charge in [-0.15, -0.1) is 0 Å². The number of anilines is 1. The molecule has 0 aromatic heterocycles. The van der Waals surface area contributed by atoms with Crippen molar-refractivity contribution in [3.05, 3.63) is 65.2 Å². The van der Waals surface area contributed by atoms with E-state index in [1.54, 1.807) is 36.4 Å². The average Bonchev–Trinajstić information content (AvgIpc) is 2.61. The number of amides is 2. The van der Waals surface area contributed by atoms with Gasteiger partial charge in [-0.25, -0.2) is 0 Å². The first kappa shape index (κ1) is 19.2. The van der Waals surface area contributed by atoms with Crippen LogP contribution in [0.15, 0.2) is 48.5 Å². The first-order valence-electron chi connectivity index (χ1n) is 8.34. The minimum atomic E-state index is -1.09. The fraction of sp³-hybridized carbons (Fsp3) is 0.250. The molecule has 3 N–H and O–H groups in total. The third-order valence-electron chi connectivity index (χ3n) is 3.85. The van der Waals surface area contributed by atoms with Gasteiger partial charge in [-0.05, 0) is 41.3 Å². The van der Waals surface area contributed by atoms with Gasteiger partial charge in [0.05, 0.1) is 6.42 Å². The molecule has 0 bridgehead atoms. The molecule has 0 saturated carbocycles. The SMILES string of the molecule is CC(C)c1ccc(C(=O)Nc2ccc(CC(=O)NCC(=O)O)cc2)cc1. The summed E-state index contributed by atoms with van der Waals surface area (Å²) in [5.41, 5.74) is 3.10. The predicted molar refractivity (Wildman–Crippen MR) is 99.3 cm³/mol. The van der Waals surface area contributed by atoms with Crippen molar-refractivity contribution in [3.8, 4) is 0 Å². The van der Waals surface area contributed by atoms with Crippen molar-refractivity contribution in [1.29, 1.82) is 0 Å². The molecule has 2 aromatic carbocycles. The highest BCUT2D eigenvalue weighted by atomic mass is 16.4. The van der Waals surface area contributed by atoms with Crippen LogP contribution in [0.3, 0.4) is 0 Å². The lowest BCUT2D eigenvalue weighted by atomic mass is 10.0. The molecule has 2 amide bonds. The van der Waals surface area contributed by atoms with Gasteiger partial charge in [-0.1, -0.05) is 38.1 Å². The van der Waals surface area contributed by atoms with Crippen molar-refractivity contribution in [1.82, 2.24) is 5.32 Å². The number of benzene rings is 2. The molecular formula is C20H22N2O4. The molecule has 6 heteroatoms. The maximum absolute atomic E-state index is 12.3. The van der Waals surface area contributed by atoms with Crippen molar-refractivity contribution in [2.24, 2.45) is 0 Å². The Morgan fingerprint density at radius 3 is 2.12 bits per heavy atom. The van der Waals surface area contributed by atoms with Gasteiger partial charge in [0.25, 0.3) is 5.91 Å². The number of hydrogen-bond donors (Lipinski definition) is 3. The number of carbonyl (C=O) groups excluding carboxylic acids is 2. The summed E-state index contributed by atoms with van der Waals surface area (Å²) < 4.78 is 0. The monoisotopic (exact) mass is 354 g/mol. The summed E-state index contributed by atoms with van der Waals surface area (Å²) in [5.74, 6) is -1.24. The van der Waals surface area contributed by atoms with Crippen molar-refractivity contribution in [3.63, 3.8) is 0 Å². The van der Waals surface area contributed by atoms with Crippen molar-refractivity contribution >= 4 is 23.5 Å². The Labute approximate surface area is 152 Å². The lowest BCUT2D eigenvalue weighted by molar-refractivity contribution is -0.137. The van der Waals surface area contributed by atoms with Crippen LogP contribution in [0.25, 0.3) is 0 Å². The molecule has 0 saturated heterocycles. The average molecular weight is 354 g/mol. The van der Waals surface area contributed by atoms with Gasteiger partial charge in [-0.3, -0.25) is 14.4 Å². The molecule has 0 aliphatic rings. The minimum absolute atomic E-state index is 0.0815. The Bertz CT molecular complexity index is 780. The van der Waals surface area contributed by atoms with Crippen molar-refractivity contribution in [2.45, 2.75) is 26.2 Å². The fourth-order valence-corrected chi connectivity index (χ4v) is 2.35. The summed E-state index contributed by atoms with van der Waals surface area (Å²) in [6, 6.07) is 14.3. The fourth-order valence-electron chi connectivity index (χ4n) is 2.35. The van der Waals surface area contributed by atoms with Gasteiger partial charge in [0.2, 0.25) is 5.91 Å². The number of rotatable bonds is 7. The Hall–Kier alpha value is -3.15. The maximum atomic E-state index is 12.3. The molecule has 0 unspecified atom stereocenters. The second kappa shape index (κ2) is 8.80. The number of carboxylic acids is 1. The molecule has 26 heavy (non-hydrogen) atoms. The van der Waals surface area contributed by atoms with Crippen molar-refractivity contribution < 1.29 is 19.5 Å². The number of nitrogens with one attached hydrogen (secondary N) is 2. The van der Waals surface area contributed by atoms with E-state index in [2.05, 4.69) is 24.5 Å². The molecule has 0 aliphatic heterocycles. The highest BCUT2D eigenvalue weighted by Gasteiger charge is 2.08. The number of hydrogen-bond acceptors (Lipinski definition) is 3. The maximum Gasteiger partial charge on any atom is 0.322 e. The third-order valence-corrected chi connectivity index (χ3v) is 3.85. The predicted octanol–water partition coefficient (Wildman–Crippen LogP) is 2.81. The highest BCUT2D eigenvalue weighted by Crippen LogP contribution is 2.16. The Morgan fingerprint density at radius 2 is 1.58 bits per heavy atom. The second-order valence-corrected chi connectivity index (χ2v) is 6.28. The normalized spacial score (nSPS) is 10.4. The van der Waals surface area contributed by atoms with Crippen LogP contribution in [0.1, 0.15) is 41.3 Å². The Balaban J connectivity index is 1.92. The molecule has 0 aliphatic carbocycles. The highest BCUT2D eigenvalue weighted by molar-refractivity contribution is 6.04. The first-order valence-corrected chi connectivity index (χ1v) is 8.34. The summed E-state index contributed by atoms with van der Waals surface area (Å²) in [6.45, 7) is 3.79. The van der Waals surface area contributed by atoms with Gasteiger partial charge in [0.1, 0.15) is 6.54 Å². The quantitative estimate of drug-likeness (QED) is 0.712.